The Morgan fingerprint density at radius 1 is 1.38 bits per heavy atom. The van der Waals surface area contributed by atoms with Crippen LogP contribution in [-0.4, -0.2) is 17.6 Å². The minimum Gasteiger partial charge on any atom is -0.481 e. The van der Waals surface area contributed by atoms with Gasteiger partial charge in [0.2, 0.25) is 0 Å². The Kier molecular flexibility index (Phi) is 3.70. The van der Waals surface area contributed by atoms with Gasteiger partial charge >= 0.3 is 5.97 Å². The molecule has 3 N–H and O–H groups in total. The first-order valence-electron chi connectivity index (χ1n) is 5.38. The van der Waals surface area contributed by atoms with Crippen LogP contribution in [0.3, 0.4) is 0 Å². The van der Waals surface area contributed by atoms with Crippen molar-refractivity contribution in [2.24, 2.45) is 11.1 Å². The van der Waals surface area contributed by atoms with Gasteiger partial charge in [-0.25, -0.2) is 0 Å². The second kappa shape index (κ2) is 4.66. The zero-order chi connectivity index (χ0) is 12.3. The Hall–Kier alpha value is -1.35. The van der Waals surface area contributed by atoms with E-state index in [-0.39, 0.29) is 6.54 Å². The highest BCUT2D eigenvalue weighted by atomic mass is 16.4. The summed E-state index contributed by atoms with van der Waals surface area (Å²) in [6.07, 6.45) is 0.472. The third kappa shape index (κ3) is 2.61. The lowest BCUT2D eigenvalue weighted by Gasteiger charge is -2.23. The van der Waals surface area contributed by atoms with E-state index in [9.17, 15) is 4.79 Å². The van der Waals surface area contributed by atoms with Gasteiger partial charge in [-0.05, 0) is 43.9 Å². The van der Waals surface area contributed by atoms with Crippen molar-refractivity contribution in [2.75, 3.05) is 6.54 Å². The van der Waals surface area contributed by atoms with Crippen molar-refractivity contribution in [3.8, 4) is 0 Å². The summed E-state index contributed by atoms with van der Waals surface area (Å²) in [6, 6.07) is 6.02. The second-order valence-electron chi connectivity index (χ2n) is 4.67. The van der Waals surface area contributed by atoms with Gasteiger partial charge in [0.05, 0.1) is 5.41 Å². The Morgan fingerprint density at radius 2 is 2.00 bits per heavy atom. The van der Waals surface area contributed by atoms with E-state index in [2.05, 4.69) is 0 Å². The van der Waals surface area contributed by atoms with Crippen LogP contribution in [0, 0.1) is 19.3 Å². The number of aliphatic carboxylic acids is 1. The molecule has 0 radical (unpaired) electrons. The van der Waals surface area contributed by atoms with Crippen LogP contribution in [0.5, 0.6) is 0 Å². The Labute approximate surface area is 96.3 Å². The van der Waals surface area contributed by atoms with Crippen LogP contribution in [-0.2, 0) is 11.2 Å². The zero-order valence-corrected chi connectivity index (χ0v) is 10.1. The maximum Gasteiger partial charge on any atom is 0.310 e. The lowest BCUT2D eigenvalue weighted by molar-refractivity contribution is -0.147. The molecule has 0 bridgehead atoms. The first-order valence-corrected chi connectivity index (χ1v) is 5.38. The summed E-state index contributed by atoms with van der Waals surface area (Å²) in [5.74, 6) is -0.840. The molecule has 3 nitrogen and oxygen atoms in total. The van der Waals surface area contributed by atoms with Gasteiger partial charge in [0.15, 0.2) is 0 Å². The minimum absolute atomic E-state index is 0.148. The van der Waals surface area contributed by atoms with Gasteiger partial charge < -0.3 is 10.8 Å². The number of carbonyl (C=O) groups is 1. The highest BCUT2D eigenvalue weighted by Crippen LogP contribution is 2.23. The maximum absolute atomic E-state index is 11.1. The molecule has 0 saturated carbocycles. The van der Waals surface area contributed by atoms with Crippen LogP contribution < -0.4 is 5.73 Å². The van der Waals surface area contributed by atoms with Crippen molar-refractivity contribution in [3.05, 3.63) is 34.9 Å². The molecule has 1 aromatic rings. The molecule has 0 spiro atoms. The summed E-state index contributed by atoms with van der Waals surface area (Å²) in [5, 5.41) is 9.14. The van der Waals surface area contributed by atoms with E-state index in [1.807, 2.05) is 32.0 Å². The fraction of sp³-hybridized carbons (Fsp3) is 0.462. The molecule has 0 aliphatic rings. The Morgan fingerprint density at radius 3 is 2.44 bits per heavy atom. The van der Waals surface area contributed by atoms with E-state index in [1.165, 1.54) is 11.1 Å². The standard InChI is InChI=1S/C13H19NO2/c1-9-4-5-11(6-10(9)2)7-13(3,8-14)12(15)16/h4-6H,7-8,14H2,1-3H3,(H,15,16). The number of rotatable bonds is 4. The van der Waals surface area contributed by atoms with Crippen LogP contribution in [0.2, 0.25) is 0 Å². The predicted molar refractivity (Wildman–Crippen MR) is 64.4 cm³/mol. The predicted octanol–water partition coefficient (Wildman–Crippen LogP) is 1.90. The molecule has 0 aliphatic heterocycles. The lowest BCUT2D eigenvalue weighted by Crippen LogP contribution is -2.37. The smallest absolute Gasteiger partial charge is 0.310 e. The lowest BCUT2D eigenvalue weighted by atomic mass is 9.83. The number of benzene rings is 1. The highest BCUT2D eigenvalue weighted by molar-refractivity contribution is 5.74. The molecule has 0 aromatic heterocycles. The number of nitrogens with two attached hydrogens (primary N) is 1. The first-order chi connectivity index (χ1) is 7.39. The molecule has 0 saturated heterocycles. The van der Waals surface area contributed by atoms with E-state index < -0.39 is 11.4 Å². The van der Waals surface area contributed by atoms with Crippen LogP contribution in [0.1, 0.15) is 23.6 Å². The first kappa shape index (κ1) is 12.7. The van der Waals surface area contributed by atoms with E-state index in [1.54, 1.807) is 6.92 Å². The summed E-state index contributed by atoms with van der Waals surface area (Å²) >= 11 is 0. The molecule has 1 aromatic carbocycles. The second-order valence-corrected chi connectivity index (χ2v) is 4.67. The fourth-order valence-electron chi connectivity index (χ4n) is 1.60. The van der Waals surface area contributed by atoms with Crippen molar-refractivity contribution in [1.29, 1.82) is 0 Å². The maximum atomic E-state index is 11.1. The van der Waals surface area contributed by atoms with Gasteiger partial charge in [0.1, 0.15) is 0 Å². The Balaban J connectivity index is 2.95. The normalized spacial score (nSPS) is 14.5. The molecular formula is C13H19NO2. The van der Waals surface area contributed by atoms with Crippen LogP contribution in [0.15, 0.2) is 18.2 Å². The molecule has 0 aliphatic carbocycles. The zero-order valence-electron chi connectivity index (χ0n) is 10.1. The van der Waals surface area contributed by atoms with Gasteiger partial charge in [-0.3, -0.25) is 4.79 Å². The molecule has 16 heavy (non-hydrogen) atoms. The number of hydrogen-bond acceptors (Lipinski definition) is 2. The van der Waals surface area contributed by atoms with E-state index in [0.717, 1.165) is 5.56 Å². The SMILES string of the molecule is Cc1ccc(CC(C)(CN)C(=O)O)cc1C. The fourth-order valence-corrected chi connectivity index (χ4v) is 1.60. The van der Waals surface area contributed by atoms with Crippen LogP contribution in [0.4, 0.5) is 0 Å². The van der Waals surface area contributed by atoms with Crippen molar-refractivity contribution in [2.45, 2.75) is 27.2 Å². The molecule has 1 rings (SSSR count). The number of carboxylic acids is 1. The van der Waals surface area contributed by atoms with Gasteiger partial charge in [-0.15, -0.1) is 0 Å². The van der Waals surface area contributed by atoms with Crippen molar-refractivity contribution in [3.63, 3.8) is 0 Å². The molecule has 3 heteroatoms. The van der Waals surface area contributed by atoms with Gasteiger partial charge in [0, 0.05) is 6.54 Å². The Bertz CT molecular complexity index is 401. The van der Waals surface area contributed by atoms with Crippen molar-refractivity contribution < 1.29 is 9.90 Å². The van der Waals surface area contributed by atoms with E-state index in [0.29, 0.717) is 6.42 Å². The van der Waals surface area contributed by atoms with Crippen LogP contribution in [0.25, 0.3) is 0 Å². The summed E-state index contributed by atoms with van der Waals surface area (Å²) in [7, 11) is 0. The summed E-state index contributed by atoms with van der Waals surface area (Å²) in [5.41, 5.74) is 8.09. The topological polar surface area (TPSA) is 63.3 Å². The number of hydrogen-bond donors (Lipinski definition) is 2. The molecule has 1 atom stereocenters. The third-order valence-electron chi connectivity index (χ3n) is 3.13. The van der Waals surface area contributed by atoms with Crippen molar-refractivity contribution >= 4 is 5.97 Å². The number of aryl methyl sites for hydroxylation is 2. The monoisotopic (exact) mass is 221 g/mol. The largest absolute Gasteiger partial charge is 0.481 e. The van der Waals surface area contributed by atoms with Gasteiger partial charge in [0.25, 0.3) is 0 Å². The highest BCUT2D eigenvalue weighted by Gasteiger charge is 2.31. The molecular weight excluding hydrogens is 202 g/mol. The van der Waals surface area contributed by atoms with E-state index in [4.69, 9.17) is 10.8 Å². The molecule has 0 heterocycles. The van der Waals surface area contributed by atoms with Crippen LogP contribution >= 0.6 is 0 Å². The quantitative estimate of drug-likeness (QED) is 0.816. The molecule has 0 amide bonds. The number of carboxylic acid groups (broad SMARTS) is 1. The molecule has 0 fully saturated rings. The molecule has 1 unspecified atom stereocenters. The summed E-state index contributed by atoms with van der Waals surface area (Å²) in [6.45, 7) is 5.90. The van der Waals surface area contributed by atoms with Crippen molar-refractivity contribution in [1.82, 2.24) is 0 Å². The van der Waals surface area contributed by atoms with Gasteiger partial charge in [-0.1, -0.05) is 18.2 Å². The third-order valence-corrected chi connectivity index (χ3v) is 3.13. The minimum atomic E-state index is -0.873. The average molecular weight is 221 g/mol. The molecule has 88 valence electrons. The summed E-state index contributed by atoms with van der Waals surface area (Å²) in [4.78, 5) is 11.1. The van der Waals surface area contributed by atoms with E-state index >= 15 is 0 Å². The van der Waals surface area contributed by atoms with Gasteiger partial charge in [-0.2, -0.15) is 0 Å². The summed E-state index contributed by atoms with van der Waals surface area (Å²) < 4.78 is 0. The average Bonchev–Trinajstić information content (AvgIpc) is 2.23.